The highest BCUT2D eigenvalue weighted by atomic mass is 16.5. The molecule has 1 saturated heterocycles. The van der Waals surface area contributed by atoms with Crippen LogP contribution in [0.1, 0.15) is 53.7 Å². The molecule has 3 aromatic rings. The van der Waals surface area contributed by atoms with Crippen LogP contribution in [0.4, 0.5) is 0 Å². The molecule has 1 unspecified atom stereocenters. The smallest absolute Gasteiger partial charge is 0.244 e. The van der Waals surface area contributed by atoms with Gasteiger partial charge in [0.25, 0.3) is 0 Å². The summed E-state index contributed by atoms with van der Waals surface area (Å²) in [7, 11) is 0. The van der Waals surface area contributed by atoms with Crippen LogP contribution < -0.4 is 4.74 Å². The fraction of sp³-hybridized carbons (Fsp3) is 0.375. The number of hydrogen-bond acceptors (Lipinski definition) is 6. The molecule has 0 radical (unpaired) electrons. The van der Waals surface area contributed by atoms with Gasteiger partial charge in [0.2, 0.25) is 5.89 Å². The molecule has 0 aliphatic carbocycles. The fourth-order valence-electron chi connectivity index (χ4n) is 3.90. The van der Waals surface area contributed by atoms with Crippen LogP contribution in [0.25, 0.3) is 0 Å². The lowest BCUT2D eigenvalue weighted by atomic mass is 10.0. The van der Waals surface area contributed by atoms with Crippen LogP contribution in [-0.4, -0.2) is 28.2 Å². The molecule has 0 saturated carbocycles. The second-order valence-electron chi connectivity index (χ2n) is 7.76. The molecule has 1 fully saturated rings. The third-order valence-electron chi connectivity index (χ3n) is 5.41. The van der Waals surface area contributed by atoms with E-state index >= 15 is 0 Å². The van der Waals surface area contributed by atoms with Crippen molar-refractivity contribution in [3.63, 3.8) is 0 Å². The normalized spacial score (nSPS) is 16.9. The summed E-state index contributed by atoms with van der Waals surface area (Å²) < 4.78 is 11.4. The van der Waals surface area contributed by atoms with Crippen molar-refractivity contribution in [2.75, 3.05) is 13.2 Å². The molecule has 1 atom stereocenters. The van der Waals surface area contributed by atoms with Gasteiger partial charge in [-0.3, -0.25) is 4.90 Å². The van der Waals surface area contributed by atoms with Gasteiger partial charge in [0.05, 0.1) is 24.3 Å². The van der Waals surface area contributed by atoms with Crippen LogP contribution in [-0.2, 0) is 13.0 Å². The molecular formula is C24H26N4O2. The maximum Gasteiger partial charge on any atom is 0.244 e. The molecule has 1 aromatic heterocycles. The molecule has 154 valence electrons. The van der Waals surface area contributed by atoms with Crippen molar-refractivity contribution >= 4 is 0 Å². The zero-order valence-corrected chi connectivity index (χ0v) is 17.3. The van der Waals surface area contributed by atoms with Crippen molar-refractivity contribution in [2.24, 2.45) is 0 Å². The lowest BCUT2D eigenvalue weighted by Gasteiger charge is -2.33. The van der Waals surface area contributed by atoms with Crippen LogP contribution in [0.3, 0.4) is 0 Å². The third kappa shape index (κ3) is 5.05. The van der Waals surface area contributed by atoms with Gasteiger partial charge in [-0.25, -0.2) is 0 Å². The molecule has 0 spiro atoms. The zero-order chi connectivity index (χ0) is 20.8. The standard InChI is InChI=1S/C24H26N4O2/c1-18-6-4-9-21(14-18)29-13-11-23-26-24(30-27-23)22-10-2-3-12-28(22)17-20-8-5-7-19(15-20)16-25/h4-9,14-15,22H,2-3,10-13,17H2,1H3. The Kier molecular flexibility index (Phi) is 6.41. The van der Waals surface area contributed by atoms with E-state index in [1.165, 1.54) is 5.56 Å². The van der Waals surface area contributed by atoms with E-state index in [-0.39, 0.29) is 6.04 Å². The van der Waals surface area contributed by atoms with Gasteiger partial charge in [-0.1, -0.05) is 35.8 Å². The first-order valence-electron chi connectivity index (χ1n) is 10.5. The minimum absolute atomic E-state index is 0.114. The Morgan fingerprint density at radius 1 is 1.20 bits per heavy atom. The lowest BCUT2D eigenvalue weighted by Crippen LogP contribution is -2.33. The number of hydrogen-bond donors (Lipinski definition) is 0. The predicted molar refractivity (Wildman–Crippen MR) is 113 cm³/mol. The Morgan fingerprint density at radius 3 is 2.97 bits per heavy atom. The molecule has 2 aromatic carbocycles. The predicted octanol–water partition coefficient (Wildman–Crippen LogP) is 4.60. The summed E-state index contributed by atoms with van der Waals surface area (Å²) in [5.74, 6) is 2.21. The number of ether oxygens (including phenoxy) is 1. The topological polar surface area (TPSA) is 75.2 Å². The first-order chi connectivity index (χ1) is 14.7. The molecule has 0 bridgehead atoms. The summed E-state index contributed by atoms with van der Waals surface area (Å²) in [5.41, 5.74) is 2.99. The van der Waals surface area contributed by atoms with Gasteiger partial charge in [0.1, 0.15) is 5.75 Å². The number of rotatable bonds is 7. The van der Waals surface area contributed by atoms with E-state index in [1.807, 2.05) is 49.4 Å². The third-order valence-corrected chi connectivity index (χ3v) is 5.41. The van der Waals surface area contributed by atoms with Crippen molar-refractivity contribution in [3.8, 4) is 11.8 Å². The second-order valence-corrected chi connectivity index (χ2v) is 7.76. The maximum atomic E-state index is 9.15. The number of piperidine rings is 1. The van der Waals surface area contributed by atoms with Crippen molar-refractivity contribution in [2.45, 2.75) is 45.2 Å². The van der Waals surface area contributed by atoms with Crippen molar-refractivity contribution in [1.29, 1.82) is 5.26 Å². The van der Waals surface area contributed by atoms with Gasteiger partial charge in [-0.05, 0) is 61.7 Å². The van der Waals surface area contributed by atoms with E-state index in [0.717, 1.165) is 43.7 Å². The summed E-state index contributed by atoms with van der Waals surface area (Å²) in [6.07, 6.45) is 3.90. The quantitative estimate of drug-likeness (QED) is 0.575. The van der Waals surface area contributed by atoms with Gasteiger partial charge in [0, 0.05) is 13.0 Å². The molecule has 2 heterocycles. The zero-order valence-electron chi connectivity index (χ0n) is 17.3. The molecule has 30 heavy (non-hydrogen) atoms. The van der Waals surface area contributed by atoms with Gasteiger partial charge in [-0.2, -0.15) is 10.2 Å². The molecule has 0 N–H and O–H groups in total. The highest BCUT2D eigenvalue weighted by Crippen LogP contribution is 2.31. The SMILES string of the molecule is Cc1cccc(OCCc2noc(C3CCCCN3Cc3cccc(C#N)c3)n2)c1. The maximum absolute atomic E-state index is 9.15. The molecule has 0 amide bonds. The Hall–Kier alpha value is -3.17. The first kappa shape index (κ1) is 20.1. The Labute approximate surface area is 177 Å². The molecule has 6 heteroatoms. The van der Waals surface area contributed by atoms with Gasteiger partial charge in [0.15, 0.2) is 5.82 Å². The molecular weight excluding hydrogens is 376 g/mol. The number of benzene rings is 2. The minimum Gasteiger partial charge on any atom is -0.493 e. The summed E-state index contributed by atoms with van der Waals surface area (Å²) in [4.78, 5) is 7.03. The van der Waals surface area contributed by atoms with E-state index in [2.05, 4.69) is 27.2 Å². The number of nitriles is 1. The summed E-state index contributed by atoms with van der Waals surface area (Å²) in [5, 5.41) is 13.3. The van der Waals surface area contributed by atoms with Crippen molar-refractivity contribution in [1.82, 2.24) is 15.0 Å². The second kappa shape index (κ2) is 9.55. The summed E-state index contributed by atoms with van der Waals surface area (Å²) in [6.45, 7) is 4.31. The van der Waals surface area contributed by atoms with E-state index in [9.17, 15) is 0 Å². The van der Waals surface area contributed by atoms with Gasteiger partial charge >= 0.3 is 0 Å². The lowest BCUT2D eigenvalue weighted by molar-refractivity contribution is 0.111. The van der Waals surface area contributed by atoms with Gasteiger partial charge < -0.3 is 9.26 Å². The molecule has 4 rings (SSSR count). The van der Waals surface area contributed by atoms with Crippen LogP contribution in [0.5, 0.6) is 5.75 Å². The van der Waals surface area contributed by atoms with Crippen molar-refractivity contribution in [3.05, 3.63) is 76.9 Å². The number of likely N-dealkylation sites (tertiary alicyclic amines) is 1. The number of nitrogens with zero attached hydrogens (tertiary/aromatic N) is 4. The highest BCUT2D eigenvalue weighted by Gasteiger charge is 2.28. The number of aromatic nitrogens is 2. The molecule has 1 aliphatic heterocycles. The Balaban J connectivity index is 1.38. The van der Waals surface area contributed by atoms with E-state index in [0.29, 0.717) is 30.3 Å². The van der Waals surface area contributed by atoms with E-state index < -0.39 is 0 Å². The van der Waals surface area contributed by atoms with Crippen LogP contribution >= 0.6 is 0 Å². The highest BCUT2D eigenvalue weighted by molar-refractivity contribution is 5.32. The monoisotopic (exact) mass is 402 g/mol. The van der Waals surface area contributed by atoms with Crippen LogP contribution in [0, 0.1) is 18.3 Å². The minimum atomic E-state index is 0.114. The van der Waals surface area contributed by atoms with E-state index in [4.69, 9.17) is 14.5 Å². The van der Waals surface area contributed by atoms with E-state index in [1.54, 1.807) is 0 Å². The number of aryl methyl sites for hydroxylation is 1. The largest absolute Gasteiger partial charge is 0.493 e. The first-order valence-corrected chi connectivity index (χ1v) is 10.5. The Bertz CT molecular complexity index is 1020. The summed E-state index contributed by atoms with van der Waals surface area (Å²) in [6, 6.07) is 18.1. The average molecular weight is 402 g/mol. The van der Waals surface area contributed by atoms with Crippen LogP contribution in [0.2, 0.25) is 0 Å². The van der Waals surface area contributed by atoms with Crippen molar-refractivity contribution < 1.29 is 9.26 Å². The average Bonchev–Trinajstić information content (AvgIpc) is 3.23. The molecule has 6 nitrogen and oxygen atoms in total. The summed E-state index contributed by atoms with van der Waals surface area (Å²) >= 11 is 0. The Morgan fingerprint density at radius 2 is 2.10 bits per heavy atom. The fourth-order valence-corrected chi connectivity index (χ4v) is 3.90. The van der Waals surface area contributed by atoms with Crippen LogP contribution in [0.15, 0.2) is 53.1 Å². The molecule has 1 aliphatic rings. The van der Waals surface area contributed by atoms with Gasteiger partial charge in [-0.15, -0.1) is 0 Å².